The molecule has 1 aromatic rings. The predicted molar refractivity (Wildman–Crippen MR) is 73.4 cm³/mol. The maximum absolute atomic E-state index is 6.26. The van der Waals surface area contributed by atoms with Crippen molar-refractivity contribution < 1.29 is 9.47 Å². The zero-order chi connectivity index (χ0) is 13.3. The van der Waals surface area contributed by atoms with E-state index >= 15 is 0 Å². The normalized spacial score (nSPS) is 15.6. The van der Waals surface area contributed by atoms with Gasteiger partial charge < -0.3 is 15.2 Å². The van der Waals surface area contributed by atoms with Gasteiger partial charge in [0.05, 0.1) is 18.7 Å². The summed E-state index contributed by atoms with van der Waals surface area (Å²) in [6, 6.07) is 3.75. The Morgan fingerprint density at radius 1 is 1.39 bits per heavy atom. The van der Waals surface area contributed by atoms with Crippen molar-refractivity contribution in [2.24, 2.45) is 11.7 Å². The van der Waals surface area contributed by atoms with E-state index < -0.39 is 5.54 Å². The lowest BCUT2D eigenvalue weighted by molar-refractivity contribution is 0.280. The summed E-state index contributed by atoms with van der Waals surface area (Å²) < 4.78 is 11.1. The Morgan fingerprint density at radius 3 is 2.56 bits per heavy atom. The Hall–Kier alpha value is -0.930. The van der Waals surface area contributed by atoms with Crippen LogP contribution in [0, 0.1) is 5.92 Å². The average molecular weight is 270 g/mol. The molecule has 3 nitrogen and oxygen atoms in total. The summed E-state index contributed by atoms with van der Waals surface area (Å²) in [5, 5.41) is 0.559. The van der Waals surface area contributed by atoms with E-state index in [4.69, 9.17) is 26.8 Å². The largest absolute Gasteiger partial charge is 0.493 e. The molecule has 0 spiro atoms. The Labute approximate surface area is 113 Å². The first kappa shape index (κ1) is 13.5. The Balaban J connectivity index is 2.27. The Bertz CT molecular complexity index is 436. The second-order valence-electron chi connectivity index (χ2n) is 5.47. The van der Waals surface area contributed by atoms with Crippen molar-refractivity contribution in [1.82, 2.24) is 0 Å². The number of halogens is 1. The molecule has 1 aliphatic rings. The number of nitrogens with two attached hydrogens (primary N) is 1. The molecular formula is C14H20ClNO2. The van der Waals surface area contributed by atoms with Crippen LogP contribution >= 0.6 is 11.6 Å². The van der Waals surface area contributed by atoms with E-state index in [1.807, 2.05) is 26.0 Å². The van der Waals surface area contributed by atoms with Crippen molar-refractivity contribution in [1.29, 1.82) is 0 Å². The number of rotatable bonds is 5. The monoisotopic (exact) mass is 269 g/mol. The van der Waals surface area contributed by atoms with Crippen LogP contribution in [-0.2, 0) is 5.54 Å². The van der Waals surface area contributed by atoms with E-state index in [0.717, 1.165) is 5.56 Å². The lowest BCUT2D eigenvalue weighted by Crippen LogP contribution is -2.28. The van der Waals surface area contributed by atoms with Gasteiger partial charge in [-0.1, -0.05) is 11.6 Å². The van der Waals surface area contributed by atoms with Gasteiger partial charge in [0.1, 0.15) is 0 Å². The van der Waals surface area contributed by atoms with Crippen LogP contribution in [0.5, 0.6) is 11.5 Å². The van der Waals surface area contributed by atoms with Gasteiger partial charge in [0.15, 0.2) is 11.5 Å². The minimum absolute atomic E-state index is 0.452. The fraction of sp³-hybridized carbons (Fsp3) is 0.571. The van der Waals surface area contributed by atoms with Gasteiger partial charge in [0.2, 0.25) is 0 Å². The molecule has 18 heavy (non-hydrogen) atoms. The zero-order valence-corrected chi connectivity index (χ0v) is 11.9. The maximum Gasteiger partial charge on any atom is 0.179 e. The van der Waals surface area contributed by atoms with Crippen molar-refractivity contribution in [3.8, 4) is 11.5 Å². The zero-order valence-electron chi connectivity index (χ0n) is 11.1. The highest BCUT2D eigenvalue weighted by molar-refractivity contribution is 6.32. The molecular weight excluding hydrogens is 250 g/mol. The van der Waals surface area contributed by atoms with Gasteiger partial charge in [-0.2, -0.15) is 0 Å². The minimum atomic E-state index is -0.452. The van der Waals surface area contributed by atoms with Gasteiger partial charge >= 0.3 is 0 Å². The van der Waals surface area contributed by atoms with Crippen LogP contribution in [0.4, 0.5) is 0 Å². The molecule has 0 atom stereocenters. The van der Waals surface area contributed by atoms with Crippen LogP contribution in [0.3, 0.4) is 0 Å². The molecule has 0 aromatic heterocycles. The van der Waals surface area contributed by atoms with Gasteiger partial charge in [-0.15, -0.1) is 0 Å². The van der Waals surface area contributed by atoms with E-state index in [-0.39, 0.29) is 0 Å². The summed E-state index contributed by atoms with van der Waals surface area (Å²) in [6.45, 7) is 4.58. The van der Waals surface area contributed by atoms with Gasteiger partial charge in [-0.3, -0.25) is 0 Å². The fourth-order valence-corrected chi connectivity index (χ4v) is 1.98. The molecule has 1 aliphatic carbocycles. The summed E-state index contributed by atoms with van der Waals surface area (Å²) in [7, 11) is 1.61. The third-order valence-corrected chi connectivity index (χ3v) is 3.41. The van der Waals surface area contributed by atoms with E-state index in [1.54, 1.807) is 7.11 Å². The summed E-state index contributed by atoms with van der Waals surface area (Å²) in [4.78, 5) is 0. The van der Waals surface area contributed by atoms with Crippen molar-refractivity contribution in [2.75, 3.05) is 13.7 Å². The summed E-state index contributed by atoms with van der Waals surface area (Å²) in [5.74, 6) is 1.95. The predicted octanol–water partition coefficient (Wildman–Crippen LogP) is 3.33. The Morgan fingerprint density at radius 2 is 2.06 bits per heavy atom. The van der Waals surface area contributed by atoms with Crippen LogP contribution in [0.15, 0.2) is 12.1 Å². The summed E-state index contributed by atoms with van der Waals surface area (Å²) in [6.07, 6.45) is 2.49. The second-order valence-corrected chi connectivity index (χ2v) is 5.87. The SMILES string of the molecule is COc1cc(C(C)(C)N)cc(Cl)c1OCC1CC1. The lowest BCUT2D eigenvalue weighted by Gasteiger charge is -2.22. The minimum Gasteiger partial charge on any atom is -0.493 e. The van der Waals surface area contributed by atoms with E-state index in [0.29, 0.717) is 29.0 Å². The molecule has 1 aromatic carbocycles. The standard InChI is InChI=1S/C14H20ClNO2/c1-14(2,16)10-6-11(15)13(12(7-10)17-3)18-8-9-4-5-9/h6-7,9H,4-5,8,16H2,1-3H3. The molecule has 0 amide bonds. The highest BCUT2D eigenvalue weighted by Crippen LogP contribution is 2.40. The molecule has 0 saturated heterocycles. The summed E-state index contributed by atoms with van der Waals surface area (Å²) in [5.41, 5.74) is 6.56. The average Bonchev–Trinajstić information content (AvgIpc) is 3.09. The van der Waals surface area contributed by atoms with Crippen molar-refractivity contribution >= 4 is 11.6 Å². The Kier molecular flexibility index (Phi) is 3.74. The van der Waals surface area contributed by atoms with E-state index in [9.17, 15) is 0 Å². The van der Waals surface area contributed by atoms with Crippen LogP contribution in [0.25, 0.3) is 0 Å². The van der Waals surface area contributed by atoms with Crippen molar-refractivity contribution in [2.45, 2.75) is 32.2 Å². The molecule has 2 N–H and O–H groups in total. The molecule has 2 rings (SSSR count). The molecule has 0 aliphatic heterocycles. The molecule has 0 bridgehead atoms. The van der Waals surface area contributed by atoms with Gasteiger partial charge in [-0.05, 0) is 50.3 Å². The smallest absolute Gasteiger partial charge is 0.179 e. The first-order valence-electron chi connectivity index (χ1n) is 6.21. The molecule has 0 unspecified atom stereocenters. The van der Waals surface area contributed by atoms with Crippen molar-refractivity contribution in [3.05, 3.63) is 22.7 Å². The van der Waals surface area contributed by atoms with Crippen LogP contribution in [0.1, 0.15) is 32.3 Å². The molecule has 0 heterocycles. The quantitative estimate of drug-likeness (QED) is 0.892. The molecule has 1 saturated carbocycles. The third-order valence-electron chi connectivity index (χ3n) is 3.13. The summed E-state index contributed by atoms with van der Waals surface area (Å²) >= 11 is 6.26. The number of ether oxygens (including phenoxy) is 2. The second kappa shape index (κ2) is 4.98. The van der Waals surface area contributed by atoms with Crippen LogP contribution < -0.4 is 15.2 Å². The lowest BCUT2D eigenvalue weighted by atomic mass is 9.95. The van der Waals surface area contributed by atoms with Gasteiger partial charge in [-0.25, -0.2) is 0 Å². The number of methoxy groups -OCH3 is 1. The third kappa shape index (κ3) is 3.09. The highest BCUT2D eigenvalue weighted by atomic mass is 35.5. The number of hydrogen-bond donors (Lipinski definition) is 1. The van der Waals surface area contributed by atoms with Gasteiger partial charge in [0, 0.05) is 5.54 Å². The number of hydrogen-bond acceptors (Lipinski definition) is 3. The van der Waals surface area contributed by atoms with E-state index in [1.165, 1.54) is 12.8 Å². The number of benzene rings is 1. The van der Waals surface area contributed by atoms with Crippen molar-refractivity contribution in [3.63, 3.8) is 0 Å². The molecule has 0 radical (unpaired) electrons. The first-order chi connectivity index (χ1) is 8.41. The molecule has 4 heteroatoms. The maximum atomic E-state index is 6.26. The highest BCUT2D eigenvalue weighted by Gasteiger charge is 2.24. The topological polar surface area (TPSA) is 44.5 Å². The fourth-order valence-electron chi connectivity index (χ4n) is 1.72. The first-order valence-corrected chi connectivity index (χ1v) is 6.59. The van der Waals surface area contributed by atoms with Gasteiger partial charge in [0.25, 0.3) is 0 Å². The van der Waals surface area contributed by atoms with Crippen LogP contribution in [-0.4, -0.2) is 13.7 Å². The van der Waals surface area contributed by atoms with E-state index in [2.05, 4.69) is 0 Å². The molecule has 100 valence electrons. The van der Waals surface area contributed by atoms with Crippen LogP contribution in [0.2, 0.25) is 5.02 Å². The molecule has 1 fully saturated rings.